The summed E-state index contributed by atoms with van der Waals surface area (Å²) in [6, 6.07) is 13.4. The Hall–Kier alpha value is -2.42. The predicted octanol–water partition coefficient (Wildman–Crippen LogP) is 4.12. The molecule has 0 amide bonds. The summed E-state index contributed by atoms with van der Waals surface area (Å²) in [7, 11) is -3.86. The third-order valence-corrected chi connectivity index (χ3v) is 6.69. The van der Waals surface area contributed by atoms with E-state index >= 15 is 0 Å². The summed E-state index contributed by atoms with van der Waals surface area (Å²) >= 11 is 1.43. The van der Waals surface area contributed by atoms with Crippen molar-refractivity contribution < 1.29 is 22.3 Å². The fourth-order valence-electron chi connectivity index (χ4n) is 2.94. The van der Waals surface area contributed by atoms with E-state index in [1.165, 1.54) is 35.6 Å². The number of fused-ring (bicyclic) bond motifs is 1. The van der Waals surface area contributed by atoms with Crippen LogP contribution in [-0.4, -0.2) is 21.6 Å². The minimum absolute atomic E-state index is 0.0837. The van der Waals surface area contributed by atoms with Gasteiger partial charge >= 0.3 is 0 Å². The third-order valence-electron chi connectivity index (χ3n) is 4.33. The zero-order valence-corrected chi connectivity index (χ0v) is 16.4. The van der Waals surface area contributed by atoms with Crippen molar-refractivity contribution in [3.63, 3.8) is 0 Å². The Morgan fingerprint density at radius 2 is 1.75 bits per heavy atom. The van der Waals surface area contributed by atoms with Gasteiger partial charge in [0, 0.05) is 17.4 Å². The molecule has 5 nitrogen and oxygen atoms in total. The van der Waals surface area contributed by atoms with Gasteiger partial charge in [-0.2, -0.15) is 4.72 Å². The van der Waals surface area contributed by atoms with E-state index < -0.39 is 16.1 Å². The van der Waals surface area contributed by atoms with Crippen LogP contribution in [-0.2, 0) is 10.0 Å². The van der Waals surface area contributed by atoms with E-state index in [1.807, 2.05) is 17.5 Å². The molecular weight excluding hydrogens is 401 g/mol. The molecule has 1 atom stereocenters. The molecule has 28 heavy (non-hydrogen) atoms. The van der Waals surface area contributed by atoms with E-state index in [2.05, 4.69) is 4.72 Å². The molecule has 1 aliphatic rings. The number of ether oxygens (including phenoxy) is 2. The summed E-state index contributed by atoms with van der Waals surface area (Å²) in [6.07, 6.45) is 0.736. The number of halogens is 1. The molecule has 146 valence electrons. The summed E-state index contributed by atoms with van der Waals surface area (Å²) in [5.74, 6) is 0.569. The molecule has 0 fully saturated rings. The fraction of sp³-hybridized carbons (Fsp3) is 0.200. The fourth-order valence-corrected chi connectivity index (χ4v) is 5.03. The minimum Gasteiger partial charge on any atom is -0.490 e. The Kier molecular flexibility index (Phi) is 5.34. The number of sulfonamides is 1. The molecule has 2 aromatic carbocycles. The normalized spacial score (nSPS) is 15.0. The monoisotopic (exact) mass is 419 g/mol. The summed E-state index contributed by atoms with van der Waals surface area (Å²) in [6.45, 7) is 1.000. The standard InChI is InChI=1S/C20H18FNO4S2/c21-15-6-4-14(5-7-15)20(19-3-1-12-27-19)22-28(23,24)16-8-9-17-18(13-16)26-11-2-10-25-17/h1,3-9,12-13,20,22H,2,10-11H2. The maximum Gasteiger partial charge on any atom is 0.241 e. The second-order valence-corrected chi connectivity index (χ2v) is 8.97. The molecule has 4 rings (SSSR count). The lowest BCUT2D eigenvalue weighted by Gasteiger charge is -2.19. The number of nitrogens with one attached hydrogen (secondary N) is 1. The van der Waals surface area contributed by atoms with Gasteiger partial charge in [0.05, 0.1) is 24.2 Å². The van der Waals surface area contributed by atoms with Crippen molar-refractivity contribution in [2.75, 3.05) is 13.2 Å². The maximum absolute atomic E-state index is 13.3. The Balaban J connectivity index is 1.68. The van der Waals surface area contributed by atoms with Gasteiger partial charge in [-0.25, -0.2) is 12.8 Å². The zero-order valence-electron chi connectivity index (χ0n) is 14.8. The number of hydrogen-bond acceptors (Lipinski definition) is 5. The van der Waals surface area contributed by atoms with Gasteiger partial charge in [0.1, 0.15) is 5.82 Å². The minimum atomic E-state index is -3.86. The molecule has 0 bridgehead atoms. The lowest BCUT2D eigenvalue weighted by atomic mass is 10.1. The predicted molar refractivity (Wildman–Crippen MR) is 105 cm³/mol. The summed E-state index contributed by atoms with van der Waals surface area (Å²) < 4.78 is 53.4. The van der Waals surface area contributed by atoms with Crippen LogP contribution >= 0.6 is 11.3 Å². The smallest absolute Gasteiger partial charge is 0.241 e. The first-order valence-corrected chi connectivity index (χ1v) is 11.1. The molecule has 1 aliphatic heterocycles. The average molecular weight is 419 g/mol. The first-order valence-electron chi connectivity index (χ1n) is 8.74. The van der Waals surface area contributed by atoms with Crippen LogP contribution in [0.5, 0.6) is 11.5 Å². The lowest BCUT2D eigenvalue weighted by Crippen LogP contribution is -2.29. The summed E-state index contributed by atoms with van der Waals surface area (Å²) in [4.78, 5) is 0.893. The highest BCUT2D eigenvalue weighted by molar-refractivity contribution is 7.89. The van der Waals surface area contributed by atoms with Crippen LogP contribution in [0.15, 0.2) is 64.9 Å². The Labute approximate surface area is 166 Å². The van der Waals surface area contributed by atoms with Crippen LogP contribution in [0.3, 0.4) is 0 Å². The van der Waals surface area contributed by atoms with Crippen molar-refractivity contribution in [3.8, 4) is 11.5 Å². The van der Waals surface area contributed by atoms with Crippen molar-refractivity contribution in [1.29, 1.82) is 0 Å². The van der Waals surface area contributed by atoms with Gasteiger partial charge in [-0.15, -0.1) is 11.3 Å². The molecular formula is C20H18FNO4S2. The van der Waals surface area contributed by atoms with Crippen LogP contribution in [0.25, 0.3) is 0 Å². The third kappa shape index (κ3) is 4.04. The highest BCUT2D eigenvalue weighted by Gasteiger charge is 2.25. The van der Waals surface area contributed by atoms with Crippen LogP contribution < -0.4 is 14.2 Å². The van der Waals surface area contributed by atoms with E-state index in [0.29, 0.717) is 30.3 Å². The molecule has 0 spiro atoms. The van der Waals surface area contributed by atoms with Gasteiger partial charge in [0.2, 0.25) is 10.0 Å². The quantitative estimate of drug-likeness (QED) is 0.676. The van der Waals surface area contributed by atoms with Crippen molar-refractivity contribution in [2.45, 2.75) is 17.4 Å². The molecule has 8 heteroatoms. The lowest BCUT2D eigenvalue weighted by molar-refractivity contribution is 0.297. The van der Waals surface area contributed by atoms with Crippen LogP contribution in [0.1, 0.15) is 22.9 Å². The van der Waals surface area contributed by atoms with Crippen molar-refractivity contribution in [2.24, 2.45) is 0 Å². The highest BCUT2D eigenvalue weighted by atomic mass is 32.2. The van der Waals surface area contributed by atoms with E-state index in [4.69, 9.17) is 9.47 Å². The first-order chi connectivity index (χ1) is 13.5. The van der Waals surface area contributed by atoms with Gasteiger partial charge in [-0.05, 0) is 41.3 Å². The van der Waals surface area contributed by atoms with Crippen molar-refractivity contribution in [1.82, 2.24) is 4.72 Å². The van der Waals surface area contributed by atoms with Gasteiger partial charge in [0.25, 0.3) is 0 Å². The molecule has 0 radical (unpaired) electrons. The van der Waals surface area contributed by atoms with Gasteiger partial charge < -0.3 is 9.47 Å². The molecule has 0 saturated carbocycles. The molecule has 1 N–H and O–H groups in total. The SMILES string of the molecule is O=S(=O)(NC(c1ccc(F)cc1)c1cccs1)c1ccc2c(c1)OCCCO2. The average Bonchev–Trinajstić information content (AvgIpc) is 3.11. The van der Waals surface area contributed by atoms with Crippen molar-refractivity contribution >= 4 is 21.4 Å². The van der Waals surface area contributed by atoms with Crippen molar-refractivity contribution in [3.05, 3.63) is 76.2 Å². The zero-order chi connectivity index (χ0) is 19.6. The van der Waals surface area contributed by atoms with Gasteiger partial charge in [-0.1, -0.05) is 18.2 Å². The van der Waals surface area contributed by atoms with Crippen LogP contribution in [0, 0.1) is 5.82 Å². The highest BCUT2D eigenvalue weighted by Crippen LogP contribution is 2.33. The van der Waals surface area contributed by atoms with Gasteiger partial charge in [-0.3, -0.25) is 0 Å². The maximum atomic E-state index is 13.3. The number of hydrogen-bond donors (Lipinski definition) is 1. The number of thiophene rings is 1. The summed E-state index contributed by atoms with van der Waals surface area (Å²) in [5, 5.41) is 1.87. The molecule has 0 aliphatic carbocycles. The first kappa shape index (κ1) is 18.9. The molecule has 3 aromatic rings. The number of rotatable bonds is 5. The molecule has 1 unspecified atom stereocenters. The van der Waals surface area contributed by atoms with Gasteiger partial charge in [0.15, 0.2) is 11.5 Å². The second kappa shape index (κ2) is 7.90. The van der Waals surface area contributed by atoms with E-state index in [0.717, 1.165) is 11.3 Å². The Morgan fingerprint density at radius 3 is 2.46 bits per heavy atom. The molecule has 2 heterocycles. The molecule has 1 aromatic heterocycles. The van der Waals surface area contributed by atoms with E-state index in [9.17, 15) is 12.8 Å². The van der Waals surface area contributed by atoms with Crippen LogP contribution in [0.2, 0.25) is 0 Å². The Morgan fingerprint density at radius 1 is 1.00 bits per heavy atom. The number of benzene rings is 2. The molecule has 0 saturated heterocycles. The summed E-state index contributed by atoms with van der Waals surface area (Å²) in [5.41, 5.74) is 0.654. The largest absolute Gasteiger partial charge is 0.490 e. The topological polar surface area (TPSA) is 64.6 Å². The van der Waals surface area contributed by atoms with E-state index in [1.54, 1.807) is 18.2 Å². The second-order valence-electron chi connectivity index (χ2n) is 6.28. The Bertz CT molecular complexity index is 1050. The van der Waals surface area contributed by atoms with Crippen LogP contribution in [0.4, 0.5) is 4.39 Å². The van der Waals surface area contributed by atoms with E-state index in [-0.39, 0.29) is 10.7 Å².